The Kier molecular flexibility index (Phi) is 3.43. The number of rotatable bonds is 3. The van der Waals surface area contributed by atoms with Crippen LogP contribution in [0.4, 0.5) is 4.39 Å². The van der Waals surface area contributed by atoms with Crippen molar-refractivity contribution >= 4 is 11.9 Å². The summed E-state index contributed by atoms with van der Waals surface area (Å²) in [7, 11) is 0. The maximum Gasteiger partial charge on any atom is 0.307 e. The number of hydrogen-bond acceptors (Lipinski definition) is 2. The van der Waals surface area contributed by atoms with Crippen LogP contribution < -0.4 is 0 Å². The molecule has 1 heterocycles. The summed E-state index contributed by atoms with van der Waals surface area (Å²) in [5.41, 5.74) is 1.03. The van der Waals surface area contributed by atoms with Gasteiger partial charge in [0.25, 0.3) is 0 Å². The Bertz CT molecular complexity index is 571. The van der Waals surface area contributed by atoms with E-state index >= 15 is 0 Å². The minimum absolute atomic E-state index is 0.0421. The van der Waals surface area contributed by atoms with Gasteiger partial charge in [0.2, 0.25) is 5.91 Å². The monoisotopic (exact) mass is 291 g/mol. The van der Waals surface area contributed by atoms with Gasteiger partial charge in [-0.05, 0) is 37.5 Å². The highest BCUT2D eigenvalue weighted by Crippen LogP contribution is 2.42. The Labute approximate surface area is 122 Å². The van der Waals surface area contributed by atoms with Gasteiger partial charge in [-0.2, -0.15) is 0 Å². The molecule has 1 aromatic carbocycles. The zero-order valence-corrected chi connectivity index (χ0v) is 11.8. The van der Waals surface area contributed by atoms with Crippen molar-refractivity contribution in [2.75, 3.05) is 6.54 Å². The second-order valence-corrected chi connectivity index (χ2v) is 6.11. The summed E-state index contributed by atoms with van der Waals surface area (Å²) < 4.78 is 13.0. The van der Waals surface area contributed by atoms with Crippen molar-refractivity contribution in [2.24, 2.45) is 11.8 Å². The third kappa shape index (κ3) is 2.64. The molecule has 0 radical (unpaired) electrons. The van der Waals surface area contributed by atoms with Crippen molar-refractivity contribution in [1.82, 2.24) is 4.90 Å². The molecule has 3 rings (SSSR count). The highest BCUT2D eigenvalue weighted by Gasteiger charge is 2.51. The van der Waals surface area contributed by atoms with E-state index in [2.05, 4.69) is 0 Å². The van der Waals surface area contributed by atoms with Crippen molar-refractivity contribution in [1.29, 1.82) is 0 Å². The number of nitrogens with zero attached hydrogens (tertiary/aromatic N) is 1. The zero-order valence-electron chi connectivity index (χ0n) is 11.8. The molecule has 5 heteroatoms. The van der Waals surface area contributed by atoms with Gasteiger partial charge < -0.3 is 10.0 Å². The Morgan fingerprint density at radius 3 is 2.43 bits per heavy atom. The number of aliphatic carboxylic acids is 1. The molecule has 4 unspecified atom stereocenters. The summed E-state index contributed by atoms with van der Waals surface area (Å²) in [6, 6.07) is 6.50. The molecule has 21 heavy (non-hydrogen) atoms. The zero-order chi connectivity index (χ0) is 15.1. The lowest BCUT2D eigenvalue weighted by Crippen LogP contribution is -2.35. The number of halogens is 1. The summed E-state index contributed by atoms with van der Waals surface area (Å²) >= 11 is 0. The van der Waals surface area contributed by atoms with Crippen LogP contribution in [0.25, 0.3) is 0 Å². The fourth-order valence-electron chi connectivity index (χ4n) is 3.27. The van der Waals surface area contributed by atoms with Crippen LogP contribution in [0.1, 0.15) is 31.2 Å². The number of carbonyl (C=O) groups is 2. The van der Waals surface area contributed by atoms with Gasteiger partial charge in [-0.15, -0.1) is 0 Å². The van der Waals surface area contributed by atoms with Crippen molar-refractivity contribution in [3.63, 3.8) is 0 Å². The molecule has 1 aliphatic carbocycles. The molecule has 4 atom stereocenters. The molecule has 112 valence electrons. The van der Waals surface area contributed by atoms with Crippen LogP contribution in [0.5, 0.6) is 0 Å². The Morgan fingerprint density at radius 1 is 1.19 bits per heavy atom. The first-order chi connectivity index (χ1) is 9.97. The highest BCUT2D eigenvalue weighted by atomic mass is 19.1. The normalized spacial score (nSPS) is 31.2. The van der Waals surface area contributed by atoms with E-state index in [4.69, 9.17) is 5.11 Å². The lowest BCUT2D eigenvalue weighted by Gasteiger charge is -2.21. The minimum atomic E-state index is -0.879. The number of carboxylic acids is 1. The molecule has 1 saturated carbocycles. The van der Waals surface area contributed by atoms with Crippen molar-refractivity contribution in [2.45, 2.75) is 31.7 Å². The van der Waals surface area contributed by atoms with Crippen LogP contribution in [-0.2, 0) is 9.59 Å². The van der Waals surface area contributed by atoms with Crippen LogP contribution in [0.15, 0.2) is 24.3 Å². The van der Waals surface area contributed by atoms with Gasteiger partial charge in [-0.1, -0.05) is 12.1 Å². The number of carboxylic acid groups (broad SMARTS) is 1. The predicted molar refractivity (Wildman–Crippen MR) is 74.2 cm³/mol. The average molecular weight is 291 g/mol. The van der Waals surface area contributed by atoms with E-state index in [1.54, 1.807) is 17.0 Å². The fraction of sp³-hybridized carbons (Fsp3) is 0.500. The molecule has 2 fully saturated rings. The molecular weight excluding hydrogens is 273 g/mol. The van der Waals surface area contributed by atoms with Gasteiger partial charge >= 0.3 is 5.97 Å². The Hall–Kier alpha value is -1.91. The van der Waals surface area contributed by atoms with Crippen LogP contribution >= 0.6 is 0 Å². The summed E-state index contributed by atoms with van der Waals surface area (Å²) in [4.78, 5) is 25.0. The van der Waals surface area contributed by atoms with Crippen molar-refractivity contribution in [3.05, 3.63) is 35.6 Å². The van der Waals surface area contributed by atoms with Crippen LogP contribution in [0, 0.1) is 17.7 Å². The first-order valence-corrected chi connectivity index (χ1v) is 7.26. The maximum atomic E-state index is 13.0. The topological polar surface area (TPSA) is 57.6 Å². The molecule has 1 amide bonds. The summed E-state index contributed by atoms with van der Waals surface area (Å²) in [6.45, 7) is 2.58. The molecule has 1 N–H and O–H groups in total. The molecule has 0 spiro atoms. The average Bonchev–Trinajstić information content (AvgIpc) is 3.16. The molecule has 1 saturated heterocycles. The first-order valence-electron chi connectivity index (χ1n) is 7.26. The van der Waals surface area contributed by atoms with Crippen LogP contribution in [0.2, 0.25) is 0 Å². The second kappa shape index (κ2) is 5.13. The molecule has 0 bridgehead atoms. The fourth-order valence-corrected chi connectivity index (χ4v) is 3.27. The molecule has 4 nitrogen and oxygen atoms in total. The second-order valence-electron chi connectivity index (χ2n) is 6.11. The van der Waals surface area contributed by atoms with Crippen LogP contribution in [-0.4, -0.2) is 34.5 Å². The van der Waals surface area contributed by atoms with E-state index in [0.29, 0.717) is 13.0 Å². The third-order valence-corrected chi connectivity index (χ3v) is 4.62. The van der Waals surface area contributed by atoms with Gasteiger partial charge in [0.05, 0.1) is 11.8 Å². The Morgan fingerprint density at radius 2 is 1.86 bits per heavy atom. The molecule has 2 aliphatic rings. The van der Waals surface area contributed by atoms with E-state index in [0.717, 1.165) is 12.0 Å². The van der Waals surface area contributed by atoms with Gasteiger partial charge in [-0.3, -0.25) is 9.59 Å². The minimum Gasteiger partial charge on any atom is -0.481 e. The summed E-state index contributed by atoms with van der Waals surface area (Å²) in [6.07, 6.45) is 1.29. The number of hydrogen-bond donors (Lipinski definition) is 1. The van der Waals surface area contributed by atoms with E-state index in [1.165, 1.54) is 12.1 Å². The van der Waals surface area contributed by atoms with E-state index in [-0.39, 0.29) is 29.6 Å². The van der Waals surface area contributed by atoms with E-state index in [1.807, 2.05) is 6.92 Å². The number of amides is 1. The summed E-state index contributed by atoms with van der Waals surface area (Å²) in [5, 5.41) is 8.93. The molecule has 0 aromatic heterocycles. The lowest BCUT2D eigenvalue weighted by molar-refractivity contribution is -0.142. The van der Waals surface area contributed by atoms with E-state index < -0.39 is 11.9 Å². The van der Waals surface area contributed by atoms with Crippen LogP contribution in [0.3, 0.4) is 0 Å². The van der Waals surface area contributed by atoms with Gasteiger partial charge in [0.1, 0.15) is 5.82 Å². The highest BCUT2D eigenvalue weighted by molar-refractivity contribution is 5.89. The predicted octanol–water partition coefficient (Wildman–Crippen LogP) is 2.25. The molecular formula is C16H18FNO3. The quantitative estimate of drug-likeness (QED) is 0.929. The SMILES string of the molecule is CC1CC(c2ccc(F)cc2)CN1C(=O)C1CC1C(=O)O. The molecule has 1 aromatic rings. The number of benzene rings is 1. The van der Waals surface area contributed by atoms with E-state index in [9.17, 15) is 14.0 Å². The lowest BCUT2D eigenvalue weighted by atomic mass is 9.97. The number of likely N-dealkylation sites (tertiary alicyclic amines) is 1. The van der Waals surface area contributed by atoms with Crippen molar-refractivity contribution < 1.29 is 19.1 Å². The smallest absolute Gasteiger partial charge is 0.307 e. The van der Waals surface area contributed by atoms with Gasteiger partial charge in [0.15, 0.2) is 0 Å². The van der Waals surface area contributed by atoms with Gasteiger partial charge in [-0.25, -0.2) is 4.39 Å². The maximum absolute atomic E-state index is 13.0. The first kappa shape index (κ1) is 14.0. The third-order valence-electron chi connectivity index (χ3n) is 4.62. The molecule has 1 aliphatic heterocycles. The van der Waals surface area contributed by atoms with Gasteiger partial charge in [0, 0.05) is 18.5 Å². The largest absolute Gasteiger partial charge is 0.481 e. The van der Waals surface area contributed by atoms with Crippen molar-refractivity contribution in [3.8, 4) is 0 Å². The summed E-state index contributed by atoms with van der Waals surface area (Å²) in [5.74, 6) is -1.84. The number of carbonyl (C=O) groups excluding carboxylic acids is 1. The Balaban J connectivity index is 1.67. The standard InChI is InChI=1S/C16H18FNO3/c1-9-6-11(10-2-4-12(17)5-3-10)8-18(9)15(19)13-7-14(13)16(20)21/h2-5,9,11,13-14H,6-8H2,1H3,(H,20,21).